The van der Waals surface area contributed by atoms with Gasteiger partial charge < -0.3 is 4.74 Å². The van der Waals surface area contributed by atoms with Gasteiger partial charge in [0.25, 0.3) is 5.56 Å². The molecule has 2 aromatic carbocycles. The molecule has 0 N–H and O–H groups in total. The van der Waals surface area contributed by atoms with Crippen molar-refractivity contribution in [1.29, 1.82) is 0 Å². The zero-order valence-electron chi connectivity index (χ0n) is 15.2. The Labute approximate surface area is 152 Å². The molecule has 0 aliphatic heterocycles. The third-order valence-electron chi connectivity index (χ3n) is 4.28. The summed E-state index contributed by atoms with van der Waals surface area (Å²) in [5.74, 6) is -0.396. The molecular formula is C21H22N2O3. The smallest absolute Gasteiger partial charge is 0.338 e. The summed E-state index contributed by atoms with van der Waals surface area (Å²) in [4.78, 5) is 28.8. The van der Waals surface area contributed by atoms with Crippen LogP contribution in [0.3, 0.4) is 0 Å². The van der Waals surface area contributed by atoms with Crippen molar-refractivity contribution < 1.29 is 9.53 Å². The van der Waals surface area contributed by atoms with E-state index in [1.807, 2.05) is 18.2 Å². The Bertz CT molecular complexity index is 983. The Morgan fingerprint density at radius 2 is 1.77 bits per heavy atom. The summed E-state index contributed by atoms with van der Waals surface area (Å²) >= 11 is 0. The predicted molar refractivity (Wildman–Crippen MR) is 101 cm³/mol. The molecule has 0 saturated heterocycles. The number of hydrogen-bond donors (Lipinski definition) is 0. The fraction of sp³-hybridized carbons (Fsp3) is 0.286. The first kappa shape index (κ1) is 17.9. The molecule has 0 aliphatic carbocycles. The van der Waals surface area contributed by atoms with Crippen LogP contribution in [0.25, 0.3) is 10.9 Å². The van der Waals surface area contributed by atoms with E-state index in [1.165, 1.54) is 10.9 Å². The number of ether oxygens (including phenoxy) is 1. The molecule has 26 heavy (non-hydrogen) atoms. The van der Waals surface area contributed by atoms with Crippen LogP contribution in [0.5, 0.6) is 0 Å². The lowest BCUT2D eigenvalue weighted by Crippen LogP contribution is -2.23. The molecule has 134 valence electrons. The molecule has 5 nitrogen and oxygen atoms in total. The Kier molecular flexibility index (Phi) is 4.89. The van der Waals surface area contributed by atoms with Crippen molar-refractivity contribution in [2.75, 3.05) is 6.61 Å². The number of carbonyl (C=O) groups is 1. The number of rotatable bonds is 4. The SMILES string of the molecule is CC(C)(C)c1ccc(C(=O)OCCn2cnc3ccccc3c2=O)cc1. The monoisotopic (exact) mass is 350 g/mol. The van der Waals surface area contributed by atoms with Crippen molar-refractivity contribution in [1.82, 2.24) is 9.55 Å². The number of carbonyl (C=O) groups excluding carboxylic acids is 1. The Morgan fingerprint density at radius 3 is 2.46 bits per heavy atom. The number of fused-ring (bicyclic) bond motifs is 1. The number of nitrogens with zero attached hydrogens (tertiary/aromatic N) is 2. The average molecular weight is 350 g/mol. The topological polar surface area (TPSA) is 61.2 Å². The summed E-state index contributed by atoms with van der Waals surface area (Å²) in [7, 11) is 0. The normalized spacial score (nSPS) is 11.5. The molecule has 0 unspecified atom stereocenters. The molecule has 0 atom stereocenters. The minimum atomic E-state index is -0.396. The summed E-state index contributed by atoms with van der Waals surface area (Å²) in [5, 5.41) is 0.555. The second-order valence-corrected chi connectivity index (χ2v) is 7.22. The Hall–Kier alpha value is -2.95. The third-order valence-corrected chi connectivity index (χ3v) is 4.28. The van der Waals surface area contributed by atoms with Gasteiger partial charge in [-0.05, 0) is 35.2 Å². The molecule has 0 bridgehead atoms. The molecule has 0 spiro atoms. The fourth-order valence-corrected chi connectivity index (χ4v) is 2.69. The van der Waals surface area contributed by atoms with Crippen LogP contribution in [0.15, 0.2) is 59.7 Å². The van der Waals surface area contributed by atoms with E-state index in [1.54, 1.807) is 30.3 Å². The second-order valence-electron chi connectivity index (χ2n) is 7.22. The molecular weight excluding hydrogens is 328 g/mol. The van der Waals surface area contributed by atoms with Crippen LogP contribution in [0.4, 0.5) is 0 Å². The maximum atomic E-state index is 12.4. The highest BCUT2D eigenvalue weighted by Gasteiger charge is 2.14. The van der Waals surface area contributed by atoms with Gasteiger partial charge in [0.15, 0.2) is 0 Å². The van der Waals surface area contributed by atoms with Gasteiger partial charge in [-0.3, -0.25) is 9.36 Å². The summed E-state index contributed by atoms with van der Waals surface area (Å²) in [6.45, 7) is 6.74. The first-order valence-corrected chi connectivity index (χ1v) is 8.58. The molecule has 5 heteroatoms. The van der Waals surface area contributed by atoms with Crippen molar-refractivity contribution in [2.45, 2.75) is 32.7 Å². The average Bonchev–Trinajstić information content (AvgIpc) is 2.63. The number of aromatic nitrogens is 2. The zero-order chi connectivity index (χ0) is 18.7. The minimum Gasteiger partial charge on any atom is -0.460 e. The molecule has 0 amide bonds. The largest absolute Gasteiger partial charge is 0.460 e. The lowest BCUT2D eigenvalue weighted by molar-refractivity contribution is 0.0490. The number of benzene rings is 2. The van der Waals surface area contributed by atoms with Gasteiger partial charge in [-0.2, -0.15) is 0 Å². The highest BCUT2D eigenvalue weighted by Crippen LogP contribution is 2.22. The van der Waals surface area contributed by atoms with E-state index in [2.05, 4.69) is 25.8 Å². The van der Waals surface area contributed by atoms with Crippen LogP contribution >= 0.6 is 0 Å². The van der Waals surface area contributed by atoms with Gasteiger partial charge in [-0.25, -0.2) is 9.78 Å². The summed E-state index contributed by atoms with van der Waals surface area (Å²) in [5.41, 5.74) is 2.21. The van der Waals surface area contributed by atoms with Gasteiger partial charge in [0.2, 0.25) is 0 Å². The highest BCUT2D eigenvalue weighted by atomic mass is 16.5. The number of hydrogen-bond acceptors (Lipinski definition) is 4. The first-order valence-electron chi connectivity index (χ1n) is 8.58. The van der Waals surface area contributed by atoms with E-state index in [0.29, 0.717) is 16.5 Å². The van der Waals surface area contributed by atoms with E-state index in [0.717, 1.165) is 5.56 Å². The van der Waals surface area contributed by atoms with Crippen LogP contribution in [-0.2, 0) is 16.7 Å². The van der Waals surface area contributed by atoms with Gasteiger partial charge in [-0.15, -0.1) is 0 Å². The summed E-state index contributed by atoms with van der Waals surface area (Å²) in [6, 6.07) is 14.6. The standard InChI is InChI=1S/C21H22N2O3/c1-21(2,3)16-10-8-15(9-11-16)20(25)26-13-12-23-14-22-18-7-5-4-6-17(18)19(23)24/h4-11,14H,12-13H2,1-3H3. The molecule has 0 aliphatic rings. The lowest BCUT2D eigenvalue weighted by atomic mass is 9.87. The molecule has 0 saturated carbocycles. The number of para-hydroxylation sites is 1. The maximum absolute atomic E-state index is 12.4. The Balaban J connectivity index is 1.64. The van der Waals surface area contributed by atoms with E-state index in [9.17, 15) is 9.59 Å². The van der Waals surface area contributed by atoms with Crippen LogP contribution in [-0.4, -0.2) is 22.1 Å². The fourth-order valence-electron chi connectivity index (χ4n) is 2.69. The van der Waals surface area contributed by atoms with Gasteiger partial charge in [0, 0.05) is 0 Å². The second kappa shape index (κ2) is 7.12. The maximum Gasteiger partial charge on any atom is 0.338 e. The molecule has 3 aromatic rings. The van der Waals surface area contributed by atoms with Crippen LogP contribution in [0.1, 0.15) is 36.7 Å². The third kappa shape index (κ3) is 3.82. The highest BCUT2D eigenvalue weighted by molar-refractivity contribution is 5.89. The lowest BCUT2D eigenvalue weighted by Gasteiger charge is -2.18. The van der Waals surface area contributed by atoms with Gasteiger partial charge in [0.05, 0.1) is 29.3 Å². The predicted octanol–water partition coefficient (Wildman–Crippen LogP) is 3.55. The van der Waals surface area contributed by atoms with Crippen molar-refractivity contribution in [3.8, 4) is 0 Å². The van der Waals surface area contributed by atoms with E-state index < -0.39 is 5.97 Å². The van der Waals surface area contributed by atoms with Crippen molar-refractivity contribution in [3.05, 3.63) is 76.3 Å². The number of esters is 1. The van der Waals surface area contributed by atoms with Crippen molar-refractivity contribution >= 4 is 16.9 Å². The quantitative estimate of drug-likeness (QED) is 0.675. The van der Waals surface area contributed by atoms with Crippen LogP contribution in [0.2, 0.25) is 0 Å². The summed E-state index contributed by atoms with van der Waals surface area (Å²) in [6.07, 6.45) is 1.48. The van der Waals surface area contributed by atoms with Crippen LogP contribution in [0, 0.1) is 0 Å². The van der Waals surface area contributed by atoms with Gasteiger partial charge in [-0.1, -0.05) is 45.0 Å². The Morgan fingerprint density at radius 1 is 1.08 bits per heavy atom. The summed E-state index contributed by atoms with van der Waals surface area (Å²) < 4.78 is 6.75. The van der Waals surface area contributed by atoms with Crippen molar-refractivity contribution in [3.63, 3.8) is 0 Å². The first-order chi connectivity index (χ1) is 12.4. The molecule has 0 fully saturated rings. The van der Waals surface area contributed by atoms with Crippen LogP contribution < -0.4 is 5.56 Å². The molecule has 0 radical (unpaired) electrons. The van der Waals surface area contributed by atoms with E-state index in [-0.39, 0.29) is 24.1 Å². The van der Waals surface area contributed by atoms with Crippen molar-refractivity contribution in [2.24, 2.45) is 0 Å². The van der Waals surface area contributed by atoms with E-state index >= 15 is 0 Å². The zero-order valence-corrected chi connectivity index (χ0v) is 15.2. The van der Waals surface area contributed by atoms with Gasteiger partial charge in [0.1, 0.15) is 6.61 Å². The van der Waals surface area contributed by atoms with E-state index in [4.69, 9.17) is 4.74 Å². The van der Waals surface area contributed by atoms with Gasteiger partial charge >= 0.3 is 5.97 Å². The molecule has 1 aromatic heterocycles. The molecule has 1 heterocycles. The molecule has 3 rings (SSSR count). The minimum absolute atomic E-state index is 0.0344.